The quantitative estimate of drug-likeness (QED) is 0.662. The van der Waals surface area contributed by atoms with Gasteiger partial charge in [0.25, 0.3) is 0 Å². The third kappa shape index (κ3) is 2.97. The molecule has 1 heterocycles. The Bertz CT molecular complexity index is 705. The average Bonchev–Trinajstić information content (AvgIpc) is 2.92. The maximum absolute atomic E-state index is 11.7. The lowest BCUT2D eigenvalue weighted by Crippen LogP contribution is -2.08. The third-order valence-electron chi connectivity index (χ3n) is 2.70. The van der Waals surface area contributed by atoms with Crippen LogP contribution < -0.4 is 0 Å². The smallest absolute Gasteiger partial charge is 0.359 e. The van der Waals surface area contributed by atoms with Crippen LogP contribution in [0.1, 0.15) is 38.1 Å². The summed E-state index contributed by atoms with van der Waals surface area (Å²) < 4.78 is 6.08. The molecule has 0 bridgehead atoms. The predicted octanol–water partition coefficient (Wildman–Crippen LogP) is 1.56. The number of carbonyl (C=O) groups is 3. The lowest BCUT2D eigenvalue weighted by Gasteiger charge is -2.02. The minimum Gasteiger partial charge on any atom is -0.478 e. The maximum atomic E-state index is 11.7. The summed E-state index contributed by atoms with van der Waals surface area (Å²) in [5, 5.41) is 12.9. The summed E-state index contributed by atoms with van der Waals surface area (Å²) in [5.41, 5.74) is 0.476. The molecular weight excluding hydrogens is 276 g/mol. The van der Waals surface area contributed by atoms with Crippen LogP contribution in [0.25, 0.3) is 5.69 Å². The molecule has 0 aliphatic carbocycles. The first-order valence-electron chi connectivity index (χ1n) is 6.12. The summed E-state index contributed by atoms with van der Waals surface area (Å²) in [6.45, 7) is 1.81. The van der Waals surface area contributed by atoms with Gasteiger partial charge in [0.15, 0.2) is 12.0 Å². The van der Waals surface area contributed by atoms with E-state index in [0.29, 0.717) is 12.0 Å². The number of carboxylic acid groups (broad SMARTS) is 1. The van der Waals surface area contributed by atoms with Crippen LogP contribution in [0.2, 0.25) is 0 Å². The number of aromatic carboxylic acids is 1. The van der Waals surface area contributed by atoms with Crippen molar-refractivity contribution in [2.75, 3.05) is 6.61 Å². The Morgan fingerprint density at radius 3 is 2.81 bits per heavy atom. The second-order valence-corrected chi connectivity index (χ2v) is 4.07. The molecule has 2 aromatic rings. The van der Waals surface area contributed by atoms with Crippen molar-refractivity contribution in [1.29, 1.82) is 0 Å². The lowest BCUT2D eigenvalue weighted by molar-refractivity contribution is 0.0516. The van der Waals surface area contributed by atoms with E-state index in [1.165, 1.54) is 23.0 Å². The Balaban J connectivity index is 2.45. The summed E-state index contributed by atoms with van der Waals surface area (Å²) in [4.78, 5) is 33.6. The second-order valence-electron chi connectivity index (χ2n) is 4.07. The van der Waals surface area contributed by atoms with E-state index in [2.05, 4.69) is 5.10 Å². The molecular formula is C14H12N2O5. The van der Waals surface area contributed by atoms with Crippen molar-refractivity contribution in [1.82, 2.24) is 9.78 Å². The van der Waals surface area contributed by atoms with Gasteiger partial charge in [-0.25, -0.2) is 14.3 Å². The number of benzene rings is 1. The monoisotopic (exact) mass is 288 g/mol. The summed E-state index contributed by atoms with van der Waals surface area (Å²) in [6.07, 6.45) is 1.84. The highest BCUT2D eigenvalue weighted by molar-refractivity contribution is 5.96. The first kappa shape index (κ1) is 14.4. The maximum Gasteiger partial charge on any atom is 0.359 e. The van der Waals surface area contributed by atoms with E-state index in [1.807, 2.05) is 0 Å². The zero-order chi connectivity index (χ0) is 15.4. The first-order chi connectivity index (χ1) is 10.1. The largest absolute Gasteiger partial charge is 0.478 e. The van der Waals surface area contributed by atoms with Gasteiger partial charge in [-0.1, -0.05) is 6.07 Å². The molecule has 0 aliphatic heterocycles. The number of rotatable bonds is 5. The molecule has 0 saturated carbocycles. The summed E-state index contributed by atoms with van der Waals surface area (Å²) in [7, 11) is 0. The lowest BCUT2D eigenvalue weighted by atomic mass is 10.2. The van der Waals surface area contributed by atoms with Crippen molar-refractivity contribution in [2.24, 2.45) is 0 Å². The van der Waals surface area contributed by atoms with Crippen molar-refractivity contribution in [3.8, 4) is 5.69 Å². The molecule has 7 heteroatoms. The van der Waals surface area contributed by atoms with Gasteiger partial charge in [-0.3, -0.25) is 4.79 Å². The molecule has 1 N–H and O–H groups in total. The van der Waals surface area contributed by atoms with Crippen LogP contribution >= 0.6 is 0 Å². The molecule has 0 aliphatic rings. The molecule has 0 radical (unpaired) electrons. The van der Waals surface area contributed by atoms with E-state index >= 15 is 0 Å². The molecule has 0 saturated heterocycles. The zero-order valence-electron chi connectivity index (χ0n) is 11.1. The van der Waals surface area contributed by atoms with Crippen LogP contribution in [0, 0.1) is 0 Å². The molecule has 0 atom stereocenters. The van der Waals surface area contributed by atoms with Gasteiger partial charge < -0.3 is 9.84 Å². The third-order valence-corrected chi connectivity index (χ3v) is 2.70. The minimum absolute atomic E-state index is 0.0772. The van der Waals surface area contributed by atoms with Crippen LogP contribution in [0.15, 0.2) is 30.5 Å². The topological polar surface area (TPSA) is 98.5 Å². The van der Waals surface area contributed by atoms with Gasteiger partial charge >= 0.3 is 11.9 Å². The molecule has 21 heavy (non-hydrogen) atoms. The average molecular weight is 288 g/mol. The Hall–Kier alpha value is -2.96. The van der Waals surface area contributed by atoms with Gasteiger partial charge in [0.2, 0.25) is 0 Å². The summed E-state index contributed by atoms with van der Waals surface area (Å²) in [5.74, 6) is -1.78. The van der Waals surface area contributed by atoms with Crippen molar-refractivity contribution in [2.45, 2.75) is 6.92 Å². The molecule has 0 amide bonds. The number of nitrogens with zero attached hydrogens (tertiary/aromatic N) is 2. The molecule has 0 spiro atoms. The molecule has 108 valence electrons. The molecule has 7 nitrogen and oxygen atoms in total. The Labute approximate surface area is 119 Å². The number of esters is 1. The normalized spacial score (nSPS) is 10.1. The summed E-state index contributed by atoms with van der Waals surface area (Å²) >= 11 is 0. The molecule has 1 aromatic heterocycles. The Kier molecular flexibility index (Phi) is 4.13. The van der Waals surface area contributed by atoms with Crippen LogP contribution in [0.4, 0.5) is 0 Å². The fourth-order valence-electron chi connectivity index (χ4n) is 1.75. The van der Waals surface area contributed by atoms with Crippen molar-refractivity contribution < 1.29 is 24.2 Å². The molecule has 2 rings (SSSR count). The van der Waals surface area contributed by atoms with E-state index in [1.54, 1.807) is 19.1 Å². The van der Waals surface area contributed by atoms with Crippen LogP contribution in [-0.2, 0) is 4.74 Å². The van der Waals surface area contributed by atoms with Crippen LogP contribution in [-0.4, -0.2) is 39.7 Å². The van der Waals surface area contributed by atoms with Crippen molar-refractivity contribution >= 4 is 18.2 Å². The standard InChI is InChI=1S/C14H12N2O5/c1-2-21-14(20)12-10(8-17)7-16(15-12)11-5-3-4-9(6-11)13(18)19/h3-8H,2H2,1H3,(H,18,19). The number of ether oxygens (including phenoxy) is 1. The predicted molar refractivity (Wildman–Crippen MR) is 71.9 cm³/mol. The number of hydrogen-bond acceptors (Lipinski definition) is 5. The molecule has 0 fully saturated rings. The zero-order valence-corrected chi connectivity index (χ0v) is 11.1. The number of aromatic nitrogens is 2. The van der Waals surface area contributed by atoms with Crippen molar-refractivity contribution in [3.63, 3.8) is 0 Å². The van der Waals surface area contributed by atoms with E-state index in [9.17, 15) is 14.4 Å². The van der Waals surface area contributed by atoms with E-state index in [4.69, 9.17) is 9.84 Å². The molecule has 0 unspecified atom stereocenters. The van der Waals surface area contributed by atoms with E-state index in [0.717, 1.165) is 0 Å². The second kappa shape index (κ2) is 6.00. The van der Waals surface area contributed by atoms with Crippen LogP contribution in [0.5, 0.6) is 0 Å². The highest BCUT2D eigenvalue weighted by Crippen LogP contribution is 2.14. The highest BCUT2D eigenvalue weighted by atomic mass is 16.5. The fraction of sp³-hybridized carbons (Fsp3) is 0.143. The molecule has 1 aromatic carbocycles. The summed E-state index contributed by atoms with van der Waals surface area (Å²) in [6, 6.07) is 5.98. The van der Waals surface area contributed by atoms with E-state index in [-0.39, 0.29) is 23.4 Å². The van der Waals surface area contributed by atoms with Gasteiger partial charge in [0, 0.05) is 6.20 Å². The van der Waals surface area contributed by atoms with E-state index < -0.39 is 11.9 Å². The van der Waals surface area contributed by atoms with Gasteiger partial charge in [0.05, 0.1) is 23.4 Å². The number of hydrogen-bond donors (Lipinski definition) is 1. The first-order valence-corrected chi connectivity index (χ1v) is 6.12. The van der Waals surface area contributed by atoms with Crippen LogP contribution in [0.3, 0.4) is 0 Å². The number of carbonyl (C=O) groups excluding carboxylic acids is 2. The number of carboxylic acids is 1. The number of aldehydes is 1. The minimum atomic E-state index is -1.08. The Morgan fingerprint density at radius 1 is 1.43 bits per heavy atom. The highest BCUT2D eigenvalue weighted by Gasteiger charge is 2.18. The van der Waals surface area contributed by atoms with Crippen molar-refractivity contribution in [3.05, 3.63) is 47.3 Å². The van der Waals surface area contributed by atoms with Gasteiger partial charge in [0.1, 0.15) is 0 Å². The van der Waals surface area contributed by atoms with Gasteiger partial charge in [-0.15, -0.1) is 0 Å². The van der Waals surface area contributed by atoms with Gasteiger partial charge in [-0.2, -0.15) is 5.10 Å². The fourth-order valence-corrected chi connectivity index (χ4v) is 1.75. The van der Waals surface area contributed by atoms with Gasteiger partial charge in [-0.05, 0) is 25.1 Å². The Morgan fingerprint density at radius 2 is 2.19 bits per heavy atom. The SMILES string of the molecule is CCOC(=O)c1nn(-c2cccc(C(=O)O)c2)cc1C=O.